The molecule has 4 unspecified atom stereocenters. The van der Waals surface area contributed by atoms with Crippen molar-refractivity contribution < 1.29 is 4.74 Å². The Hall–Kier alpha value is -0.570. The van der Waals surface area contributed by atoms with Gasteiger partial charge in [-0.1, -0.05) is 29.8 Å². The van der Waals surface area contributed by atoms with Crippen LogP contribution in [0, 0.1) is 5.92 Å². The molecule has 1 aromatic carbocycles. The van der Waals surface area contributed by atoms with Crippen LogP contribution in [-0.2, 0) is 4.74 Å². The molecule has 19 heavy (non-hydrogen) atoms. The van der Waals surface area contributed by atoms with Crippen molar-refractivity contribution in [1.82, 2.24) is 5.32 Å². The normalized spacial score (nSPS) is 35.5. The average molecular weight is 280 g/mol. The second kappa shape index (κ2) is 5.82. The van der Waals surface area contributed by atoms with Gasteiger partial charge in [-0.3, -0.25) is 0 Å². The van der Waals surface area contributed by atoms with Crippen molar-refractivity contribution in [1.29, 1.82) is 0 Å². The van der Waals surface area contributed by atoms with Gasteiger partial charge in [0, 0.05) is 17.5 Å². The Morgan fingerprint density at radius 1 is 1.21 bits per heavy atom. The number of nitrogens with one attached hydrogen (secondary N) is 1. The summed E-state index contributed by atoms with van der Waals surface area (Å²) in [5, 5.41) is 4.41. The summed E-state index contributed by atoms with van der Waals surface area (Å²) in [4.78, 5) is 0. The highest BCUT2D eigenvalue weighted by molar-refractivity contribution is 6.31. The quantitative estimate of drug-likeness (QED) is 0.893. The molecule has 104 valence electrons. The van der Waals surface area contributed by atoms with Crippen molar-refractivity contribution >= 4 is 11.6 Å². The van der Waals surface area contributed by atoms with E-state index in [4.69, 9.17) is 16.3 Å². The van der Waals surface area contributed by atoms with E-state index >= 15 is 0 Å². The fourth-order valence-corrected chi connectivity index (χ4v) is 3.86. The smallest absolute Gasteiger partial charge is 0.0614 e. The first kappa shape index (κ1) is 13.4. The fraction of sp³-hybridized carbons (Fsp3) is 0.625. The number of hydrogen-bond donors (Lipinski definition) is 1. The number of halogens is 1. The molecule has 0 amide bonds. The maximum absolute atomic E-state index is 6.39. The number of ether oxygens (including phenoxy) is 1. The average Bonchev–Trinajstić information content (AvgIpc) is 2.86. The van der Waals surface area contributed by atoms with Crippen LogP contribution in [0.2, 0.25) is 5.02 Å². The molecule has 0 radical (unpaired) electrons. The van der Waals surface area contributed by atoms with Crippen LogP contribution in [0.25, 0.3) is 0 Å². The largest absolute Gasteiger partial charge is 0.375 e. The Balaban J connectivity index is 1.83. The molecular weight excluding hydrogens is 258 g/mol. The van der Waals surface area contributed by atoms with Gasteiger partial charge in [-0.2, -0.15) is 0 Å². The van der Waals surface area contributed by atoms with E-state index in [-0.39, 0.29) is 0 Å². The summed E-state index contributed by atoms with van der Waals surface area (Å²) < 4.78 is 6.12. The maximum Gasteiger partial charge on any atom is 0.0614 e. The Labute approximate surface area is 120 Å². The summed E-state index contributed by atoms with van der Waals surface area (Å²) in [7, 11) is 0. The Bertz CT molecular complexity index is 437. The number of benzene rings is 1. The third kappa shape index (κ3) is 2.81. The lowest BCUT2D eigenvalue weighted by molar-refractivity contribution is 0.00350. The molecule has 2 heterocycles. The second-order valence-corrected chi connectivity index (χ2v) is 6.25. The predicted molar refractivity (Wildman–Crippen MR) is 78.7 cm³/mol. The number of hydrogen-bond acceptors (Lipinski definition) is 2. The van der Waals surface area contributed by atoms with Gasteiger partial charge in [0.2, 0.25) is 0 Å². The lowest BCUT2D eigenvalue weighted by Gasteiger charge is -2.36. The van der Waals surface area contributed by atoms with E-state index in [2.05, 4.69) is 24.4 Å². The van der Waals surface area contributed by atoms with E-state index in [1.54, 1.807) is 0 Å². The highest BCUT2D eigenvalue weighted by Gasteiger charge is 2.37. The third-order valence-corrected chi connectivity index (χ3v) is 4.93. The van der Waals surface area contributed by atoms with E-state index in [0.29, 0.717) is 24.0 Å². The zero-order chi connectivity index (χ0) is 13.2. The first-order valence-corrected chi connectivity index (χ1v) is 7.74. The second-order valence-electron chi connectivity index (χ2n) is 5.85. The molecule has 2 aliphatic heterocycles. The monoisotopic (exact) mass is 279 g/mol. The van der Waals surface area contributed by atoms with Crippen LogP contribution in [0.3, 0.4) is 0 Å². The molecule has 2 aliphatic rings. The molecule has 0 spiro atoms. The summed E-state index contributed by atoms with van der Waals surface area (Å²) in [6.45, 7) is 4.30. The van der Waals surface area contributed by atoms with Crippen LogP contribution in [0.15, 0.2) is 24.3 Å². The van der Waals surface area contributed by atoms with Crippen molar-refractivity contribution in [2.45, 2.75) is 44.3 Å². The van der Waals surface area contributed by atoms with Gasteiger partial charge in [-0.15, -0.1) is 0 Å². The number of piperidine rings is 1. The molecule has 3 heteroatoms. The highest BCUT2D eigenvalue weighted by Crippen LogP contribution is 2.40. The van der Waals surface area contributed by atoms with Gasteiger partial charge in [-0.25, -0.2) is 0 Å². The first-order chi connectivity index (χ1) is 9.25. The first-order valence-electron chi connectivity index (χ1n) is 7.36. The minimum Gasteiger partial charge on any atom is -0.375 e. The van der Waals surface area contributed by atoms with E-state index in [9.17, 15) is 0 Å². The standard InChI is InChI=1S/C16H22ClNO/c1-11-6-7-16(19-11)13-8-9-18-10-14(13)12-4-2-3-5-15(12)17/h2-5,11,13-14,16,18H,6-10H2,1H3. The summed E-state index contributed by atoms with van der Waals surface area (Å²) in [5.41, 5.74) is 1.28. The molecule has 2 saturated heterocycles. The Morgan fingerprint density at radius 3 is 2.79 bits per heavy atom. The van der Waals surface area contributed by atoms with Crippen LogP contribution >= 0.6 is 11.6 Å². The zero-order valence-electron chi connectivity index (χ0n) is 11.4. The van der Waals surface area contributed by atoms with Crippen LogP contribution in [0.4, 0.5) is 0 Å². The van der Waals surface area contributed by atoms with Crippen molar-refractivity contribution in [3.8, 4) is 0 Å². The summed E-state index contributed by atoms with van der Waals surface area (Å²) >= 11 is 6.39. The minimum absolute atomic E-state index is 0.415. The lowest BCUT2D eigenvalue weighted by Crippen LogP contribution is -2.40. The molecular formula is C16H22ClNO. The van der Waals surface area contributed by atoms with Gasteiger partial charge in [0.15, 0.2) is 0 Å². The molecule has 0 aromatic heterocycles. The molecule has 1 N–H and O–H groups in total. The van der Waals surface area contributed by atoms with E-state index in [0.717, 1.165) is 18.1 Å². The predicted octanol–water partition coefficient (Wildman–Crippen LogP) is 3.60. The van der Waals surface area contributed by atoms with Crippen molar-refractivity contribution in [3.05, 3.63) is 34.9 Å². The maximum atomic E-state index is 6.39. The van der Waals surface area contributed by atoms with Gasteiger partial charge in [0.05, 0.1) is 12.2 Å². The van der Waals surface area contributed by atoms with E-state index in [1.807, 2.05) is 12.1 Å². The van der Waals surface area contributed by atoms with Gasteiger partial charge >= 0.3 is 0 Å². The third-order valence-electron chi connectivity index (χ3n) is 4.58. The number of rotatable bonds is 2. The molecule has 0 saturated carbocycles. The molecule has 1 aromatic rings. The van der Waals surface area contributed by atoms with E-state index < -0.39 is 0 Å². The van der Waals surface area contributed by atoms with Crippen LogP contribution in [0.1, 0.15) is 37.7 Å². The van der Waals surface area contributed by atoms with Gasteiger partial charge < -0.3 is 10.1 Å². The van der Waals surface area contributed by atoms with E-state index in [1.165, 1.54) is 24.8 Å². The summed E-state index contributed by atoms with van der Waals surface area (Å²) in [6.07, 6.45) is 4.43. The fourth-order valence-electron chi connectivity index (χ4n) is 3.59. The highest BCUT2D eigenvalue weighted by atomic mass is 35.5. The van der Waals surface area contributed by atoms with Crippen LogP contribution in [-0.4, -0.2) is 25.3 Å². The van der Waals surface area contributed by atoms with Gasteiger partial charge in [0.25, 0.3) is 0 Å². The van der Waals surface area contributed by atoms with Crippen molar-refractivity contribution in [2.24, 2.45) is 5.92 Å². The molecule has 2 nitrogen and oxygen atoms in total. The molecule has 3 rings (SSSR count). The Morgan fingerprint density at radius 2 is 2.05 bits per heavy atom. The van der Waals surface area contributed by atoms with Crippen LogP contribution < -0.4 is 5.32 Å². The zero-order valence-corrected chi connectivity index (χ0v) is 12.2. The van der Waals surface area contributed by atoms with Crippen molar-refractivity contribution in [2.75, 3.05) is 13.1 Å². The van der Waals surface area contributed by atoms with Crippen LogP contribution in [0.5, 0.6) is 0 Å². The summed E-state index contributed by atoms with van der Waals surface area (Å²) in [5.74, 6) is 1.09. The minimum atomic E-state index is 0.415. The molecule has 0 aliphatic carbocycles. The van der Waals surface area contributed by atoms with Crippen molar-refractivity contribution in [3.63, 3.8) is 0 Å². The molecule has 4 atom stereocenters. The van der Waals surface area contributed by atoms with Gasteiger partial charge in [0.1, 0.15) is 0 Å². The molecule has 2 fully saturated rings. The SMILES string of the molecule is CC1CCC(C2CCNCC2c2ccccc2Cl)O1. The van der Waals surface area contributed by atoms with Gasteiger partial charge in [-0.05, 0) is 50.3 Å². The molecule has 0 bridgehead atoms. The summed E-state index contributed by atoms with van der Waals surface area (Å²) in [6, 6.07) is 8.27. The lowest BCUT2D eigenvalue weighted by atomic mass is 9.77. The topological polar surface area (TPSA) is 21.3 Å². The Kier molecular flexibility index (Phi) is 4.11.